The molecule has 0 fully saturated rings. The molecule has 0 spiro atoms. The molecular formula is C6H8N2O3. The van der Waals surface area contributed by atoms with E-state index in [9.17, 15) is 4.79 Å². The third-order valence-corrected chi connectivity index (χ3v) is 1.32. The minimum absolute atomic E-state index is 0.124. The lowest BCUT2D eigenvalue weighted by Gasteiger charge is -1.88. The van der Waals surface area contributed by atoms with Crippen molar-refractivity contribution in [2.24, 2.45) is 0 Å². The Kier molecular flexibility index (Phi) is 1.91. The van der Waals surface area contributed by atoms with Crippen LogP contribution in [-0.2, 0) is 6.73 Å². The molecule has 0 aliphatic heterocycles. The Morgan fingerprint density at radius 2 is 2.45 bits per heavy atom. The van der Waals surface area contributed by atoms with Crippen LogP contribution in [0.3, 0.4) is 0 Å². The van der Waals surface area contributed by atoms with Gasteiger partial charge >= 0.3 is 5.97 Å². The summed E-state index contributed by atoms with van der Waals surface area (Å²) < 4.78 is 1.17. The predicted octanol–water partition coefficient (Wildman–Crippen LogP) is -0.160. The van der Waals surface area contributed by atoms with Crippen LogP contribution in [0.2, 0.25) is 0 Å². The zero-order valence-electron chi connectivity index (χ0n) is 5.98. The second-order valence-corrected chi connectivity index (χ2v) is 2.11. The lowest BCUT2D eigenvalue weighted by atomic mass is 10.3. The van der Waals surface area contributed by atoms with E-state index in [1.54, 1.807) is 6.92 Å². The molecule has 0 amide bonds. The average Bonchev–Trinajstić information content (AvgIpc) is 2.30. The molecule has 0 saturated heterocycles. The van der Waals surface area contributed by atoms with Gasteiger partial charge in [0.1, 0.15) is 12.3 Å². The first-order chi connectivity index (χ1) is 5.15. The summed E-state index contributed by atoms with van der Waals surface area (Å²) in [6, 6.07) is 0. The maximum atomic E-state index is 10.4. The molecule has 0 radical (unpaired) electrons. The molecule has 1 aromatic heterocycles. The minimum Gasteiger partial charge on any atom is -0.478 e. The summed E-state index contributed by atoms with van der Waals surface area (Å²) in [4.78, 5) is 10.4. The van der Waals surface area contributed by atoms with Crippen LogP contribution in [-0.4, -0.2) is 26.0 Å². The largest absolute Gasteiger partial charge is 0.478 e. The van der Waals surface area contributed by atoms with Crippen molar-refractivity contribution in [3.63, 3.8) is 0 Å². The van der Waals surface area contributed by atoms with E-state index in [-0.39, 0.29) is 12.3 Å². The molecular weight excluding hydrogens is 148 g/mol. The Labute approximate surface area is 62.9 Å². The summed E-state index contributed by atoms with van der Waals surface area (Å²) >= 11 is 0. The second kappa shape index (κ2) is 2.71. The van der Waals surface area contributed by atoms with Crippen LogP contribution in [0, 0.1) is 6.92 Å². The summed E-state index contributed by atoms with van der Waals surface area (Å²) in [7, 11) is 0. The molecule has 5 nitrogen and oxygen atoms in total. The van der Waals surface area contributed by atoms with Gasteiger partial charge < -0.3 is 10.2 Å². The fourth-order valence-corrected chi connectivity index (χ4v) is 0.800. The zero-order valence-corrected chi connectivity index (χ0v) is 5.98. The lowest BCUT2D eigenvalue weighted by Crippen LogP contribution is -1.96. The van der Waals surface area contributed by atoms with Crippen LogP contribution in [0.1, 0.15) is 16.1 Å². The Morgan fingerprint density at radius 1 is 1.82 bits per heavy atom. The summed E-state index contributed by atoms with van der Waals surface area (Å²) in [6.07, 6.45) is 1.29. The first-order valence-corrected chi connectivity index (χ1v) is 3.03. The van der Waals surface area contributed by atoms with Crippen molar-refractivity contribution in [2.75, 3.05) is 0 Å². The normalized spacial score (nSPS) is 10.0. The highest BCUT2D eigenvalue weighted by molar-refractivity contribution is 5.88. The van der Waals surface area contributed by atoms with E-state index in [0.717, 1.165) is 0 Å². The van der Waals surface area contributed by atoms with E-state index in [2.05, 4.69) is 5.10 Å². The van der Waals surface area contributed by atoms with Crippen molar-refractivity contribution in [1.82, 2.24) is 9.78 Å². The van der Waals surface area contributed by atoms with Crippen molar-refractivity contribution < 1.29 is 15.0 Å². The fraction of sp³-hybridized carbons (Fsp3) is 0.333. The smallest absolute Gasteiger partial charge is 0.339 e. The van der Waals surface area contributed by atoms with E-state index in [4.69, 9.17) is 10.2 Å². The van der Waals surface area contributed by atoms with Crippen LogP contribution < -0.4 is 0 Å². The standard InChI is InChI=1S/C6H8N2O3/c1-4-5(6(10)11)2-8(3-9)7-4/h2,9H,3H2,1H3,(H,10,11). The molecule has 0 saturated carbocycles. The third-order valence-electron chi connectivity index (χ3n) is 1.32. The van der Waals surface area contributed by atoms with Gasteiger partial charge in [0, 0.05) is 6.20 Å². The molecule has 0 aliphatic rings. The van der Waals surface area contributed by atoms with Crippen molar-refractivity contribution in [3.05, 3.63) is 17.5 Å². The predicted molar refractivity (Wildman–Crippen MR) is 36.1 cm³/mol. The van der Waals surface area contributed by atoms with Gasteiger partial charge in [-0.1, -0.05) is 0 Å². The maximum Gasteiger partial charge on any atom is 0.339 e. The Bertz CT molecular complexity index is 279. The van der Waals surface area contributed by atoms with E-state index in [0.29, 0.717) is 5.69 Å². The number of aromatic carboxylic acids is 1. The lowest BCUT2D eigenvalue weighted by molar-refractivity contribution is 0.0696. The minimum atomic E-state index is -1.03. The molecule has 11 heavy (non-hydrogen) atoms. The van der Waals surface area contributed by atoms with E-state index < -0.39 is 5.97 Å². The van der Waals surface area contributed by atoms with Crippen LogP contribution >= 0.6 is 0 Å². The molecule has 5 heteroatoms. The van der Waals surface area contributed by atoms with Crippen molar-refractivity contribution in [3.8, 4) is 0 Å². The number of aliphatic hydroxyl groups excluding tert-OH is 1. The first-order valence-electron chi connectivity index (χ1n) is 3.03. The number of aromatic nitrogens is 2. The van der Waals surface area contributed by atoms with E-state index >= 15 is 0 Å². The number of carbonyl (C=O) groups is 1. The third kappa shape index (κ3) is 1.38. The van der Waals surface area contributed by atoms with Gasteiger partial charge in [0.15, 0.2) is 0 Å². The zero-order chi connectivity index (χ0) is 8.43. The van der Waals surface area contributed by atoms with Crippen LogP contribution in [0.15, 0.2) is 6.20 Å². The average molecular weight is 156 g/mol. The molecule has 60 valence electrons. The number of nitrogens with zero attached hydrogens (tertiary/aromatic N) is 2. The number of hydrogen-bond donors (Lipinski definition) is 2. The fourth-order valence-electron chi connectivity index (χ4n) is 0.800. The van der Waals surface area contributed by atoms with Gasteiger partial charge in [-0.25, -0.2) is 9.48 Å². The van der Waals surface area contributed by atoms with Crippen LogP contribution in [0.4, 0.5) is 0 Å². The highest BCUT2D eigenvalue weighted by Crippen LogP contribution is 2.04. The van der Waals surface area contributed by atoms with Gasteiger partial charge in [-0.15, -0.1) is 0 Å². The van der Waals surface area contributed by atoms with Gasteiger partial charge in [-0.2, -0.15) is 5.10 Å². The highest BCUT2D eigenvalue weighted by atomic mass is 16.4. The Morgan fingerprint density at radius 3 is 2.73 bits per heavy atom. The van der Waals surface area contributed by atoms with Crippen LogP contribution in [0.25, 0.3) is 0 Å². The molecule has 0 aromatic carbocycles. The SMILES string of the molecule is Cc1nn(CO)cc1C(=O)O. The number of hydrogen-bond acceptors (Lipinski definition) is 3. The topological polar surface area (TPSA) is 75.3 Å². The van der Waals surface area contributed by atoms with Gasteiger partial charge in [0.05, 0.1) is 5.69 Å². The van der Waals surface area contributed by atoms with Gasteiger partial charge in [-0.3, -0.25) is 0 Å². The summed E-state index contributed by atoms with van der Waals surface area (Å²) in [5.41, 5.74) is 0.533. The molecule has 0 bridgehead atoms. The highest BCUT2D eigenvalue weighted by Gasteiger charge is 2.10. The number of carboxylic acid groups (broad SMARTS) is 1. The molecule has 1 heterocycles. The maximum absolute atomic E-state index is 10.4. The van der Waals surface area contributed by atoms with Crippen molar-refractivity contribution in [1.29, 1.82) is 0 Å². The van der Waals surface area contributed by atoms with Crippen LogP contribution in [0.5, 0.6) is 0 Å². The molecule has 0 unspecified atom stereocenters. The summed E-state index contributed by atoms with van der Waals surface area (Å²) in [6.45, 7) is 1.28. The molecule has 1 aromatic rings. The van der Waals surface area contributed by atoms with Crippen molar-refractivity contribution in [2.45, 2.75) is 13.7 Å². The summed E-state index contributed by atoms with van der Waals surface area (Å²) in [5, 5.41) is 20.8. The number of rotatable bonds is 2. The molecule has 0 aliphatic carbocycles. The second-order valence-electron chi connectivity index (χ2n) is 2.11. The van der Waals surface area contributed by atoms with Gasteiger partial charge in [0.2, 0.25) is 0 Å². The first kappa shape index (κ1) is 7.74. The van der Waals surface area contributed by atoms with Gasteiger partial charge in [0.25, 0.3) is 0 Å². The molecule has 2 N–H and O–H groups in total. The van der Waals surface area contributed by atoms with E-state index in [1.807, 2.05) is 0 Å². The Hall–Kier alpha value is -1.36. The number of carboxylic acids is 1. The molecule has 0 atom stereocenters. The monoisotopic (exact) mass is 156 g/mol. The Balaban J connectivity index is 3.07. The van der Waals surface area contributed by atoms with Gasteiger partial charge in [-0.05, 0) is 6.92 Å². The van der Waals surface area contributed by atoms with Crippen molar-refractivity contribution >= 4 is 5.97 Å². The summed E-state index contributed by atoms with van der Waals surface area (Å²) in [5.74, 6) is -1.03. The number of aliphatic hydroxyl groups is 1. The number of aryl methyl sites for hydroxylation is 1. The quantitative estimate of drug-likeness (QED) is 0.623. The molecule has 1 rings (SSSR count). The van der Waals surface area contributed by atoms with E-state index in [1.165, 1.54) is 10.9 Å².